The number of nitrogens with one attached hydrogen (secondary N) is 4. The minimum Gasteiger partial charge on any atom is -0.497 e. The molecule has 0 unspecified atom stereocenters. The number of methoxy groups -OCH3 is 12. The molecule has 6 aliphatic heterocycles. The molecule has 7 aromatic carbocycles. The average Bonchev–Trinajstić information content (AvgIpc) is 0.777. The molecule has 0 aromatic heterocycles. The van der Waals surface area contributed by atoms with Gasteiger partial charge in [0.25, 0.3) is 29.5 Å². The van der Waals surface area contributed by atoms with E-state index in [-0.39, 0.29) is 81.3 Å². The SMILES string of the molecule is C=C1Oc2cc(OC)cc(C(=O)OC)c2N(C)C1=O.C=C1Oc2cc(OC)cc(C(=O)OC)c2N(Cc2ccccc2)C1=O.C=C1Oc2cc(OC)cc(C(=O)OC)c2NC1=O.C=C1Oc2cc(OC)cc(C(=O)OC)c2NC1=O.C=C1Oc2cc(OC)cc(C(=O)OC)c2NC1=S.COC(=O)c1cc(OC)cc2c1NC(=O)CO2. The Labute approximate surface area is 661 Å². The standard InChI is InChI=1S/C19H17NO5.C13H13NO5.2C12H11NO5.C12H11NO4S.C11H11NO5/c1-12-18(21)20(11-13-7-5-4-6-8-13)17-15(19(22)24-3)9-14(23-2)10-16(17)25-12;1-7-12(15)14(2)11-9(13(16)18-4)5-8(17-3)6-10(11)19-7;2*1-6-11(14)13-10-8(12(15)17-3)4-7(16-2)5-9(10)18-6;1-6-11(18)13-10-8(12(14)16-3)4-7(15-2)5-9(10)17-6;1-15-6-3-7(11(14)16-2)10-8(4-6)17-5-9(13)12-10/h4-10H,1,11H2,2-3H3;5-6H,1H2,2-4H3;2*4-5H,1H2,2-3H3,(H,13,14);4-5H,1H2,2-3H3,(H,13,18);3-4H,5H2,1-2H3,(H,12,13). The highest BCUT2D eigenvalue weighted by molar-refractivity contribution is 7.81. The molecule has 35 nitrogen and oxygen atoms in total. The molecule has 4 N–H and O–H groups in total. The highest BCUT2D eigenvalue weighted by Crippen LogP contribution is 2.46. The van der Waals surface area contributed by atoms with Gasteiger partial charge in [0.15, 0.2) is 64.2 Å². The zero-order valence-electron chi connectivity index (χ0n) is 63.9. The first-order valence-electron chi connectivity index (χ1n) is 33.1. The smallest absolute Gasteiger partial charge is 0.340 e. The molecule has 0 atom stereocenters. The molecule has 6 aliphatic rings. The molecule has 5 amide bonds. The summed E-state index contributed by atoms with van der Waals surface area (Å²) >= 11 is 5.03. The summed E-state index contributed by atoms with van der Waals surface area (Å²) in [6.07, 6.45) is 0. The van der Waals surface area contributed by atoms with Crippen molar-refractivity contribution in [2.75, 3.05) is 130 Å². The highest BCUT2D eigenvalue weighted by Gasteiger charge is 2.37. The summed E-state index contributed by atoms with van der Waals surface area (Å²) in [4.78, 5) is 132. The summed E-state index contributed by atoms with van der Waals surface area (Å²) in [6.45, 7) is 17.9. The van der Waals surface area contributed by atoms with E-state index in [9.17, 15) is 52.7 Å². The van der Waals surface area contributed by atoms with Crippen LogP contribution < -0.4 is 87.9 Å². The molecule has 0 bridgehead atoms. The van der Waals surface area contributed by atoms with Gasteiger partial charge in [0, 0.05) is 43.4 Å². The third-order valence-electron chi connectivity index (χ3n) is 16.3. The van der Waals surface area contributed by atoms with Crippen LogP contribution in [0.3, 0.4) is 0 Å². The van der Waals surface area contributed by atoms with Crippen LogP contribution in [0.5, 0.6) is 69.0 Å². The van der Waals surface area contributed by atoms with E-state index in [2.05, 4.69) is 68.4 Å². The number of fused-ring (bicyclic) bond motifs is 6. The second-order valence-corrected chi connectivity index (χ2v) is 23.7. The zero-order chi connectivity index (χ0) is 84.4. The number of rotatable bonds is 14. The molecule has 115 heavy (non-hydrogen) atoms. The quantitative estimate of drug-likeness (QED) is 0.0340. The summed E-state index contributed by atoms with van der Waals surface area (Å²) in [5.74, 6) is -0.717. The van der Waals surface area contributed by atoms with Crippen molar-refractivity contribution in [2.24, 2.45) is 0 Å². The minimum atomic E-state index is -0.596. The number of likely N-dealkylation sites (N-methyl/N-ethyl adjacent to an activating group) is 1. The second-order valence-electron chi connectivity index (χ2n) is 23.3. The first-order valence-corrected chi connectivity index (χ1v) is 33.5. The van der Waals surface area contributed by atoms with Crippen LogP contribution in [0, 0.1) is 0 Å². The number of nitrogens with zero attached hydrogens (tertiary/aromatic N) is 2. The third-order valence-corrected chi connectivity index (χ3v) is 16.7. The van der Waals surface area contributed by atoms with Crippen molar-refractivity contribution in [2.45, 2.75) is 6.54 Å². The van der Waals surface area contributed by atoms with E-state index in [4.69, 9.17) is 83.3 Å². The Morgan fingerprint density at radius 1 is 0.374 bits per heavy atom. The van der Waals surface area contributed by atoms with Crippen LogP contribution in [0.4, 0.5) is 34.1 Å². The molecule has 0 fully saturated rings. The van der Waals surface area contributed by atoms with Crippen molar-refractivity contribution >= 4 is 117 Å². The van der Waals surface area contributed by atoms with Gasteiger partial charge in [-0.1, -0.05) is 75.4 Å². The van der Waals surface area contributed by atoms with E-state index in [1.807, 2.05) is 30.3 Å². The summed E-state index contributed by atoms with van der Waals surface area (Å²) in [5.41, 5.74) is 4.06. The Morgan fingerprint density at radius 3 is 1.06 bits per heavy atom. The number of hydrogen-bond donors (Lipinski definition) is 4. The fraction of sp³-hybridized carbons (Fsp3) is 0.190. The number of ether oxygens (including phenoxy) is 18. The lowest BCUT2D eigenvalue weighted by Crippen LogP contribution is -2.37. The van der Waals surface area contributed by atoms with E-state index in [0.717, 1.165) is 5.56 Å². The van der Waals surface area contributed by atoms with Crippen molar-refractivity contribution in [3.63, 3.8) is 0 Å². The molecule has 0 spiro atoms. The van der Waals surface area contributed by atoms with Gasteiger partial charge in [-0.3, -0.25) is 28.9 Å². The largest absolute Gasteiger partial charge is 0.497 e. The average molecular weight is 1600 g/mol. The van der Waals surface area contributed by atoms with Crippen molar-refractivity contribution in [1.82, 2.24) is 0 Å². The molecule has 0 saturated carbocycles. The predicted octanol–water partition coefficient (Wildman–Crippen LogP) is 9.86. The molecule has 13 rings (SSSR count). The van der Waals surface area contributed by atoms with Gasteiger partial charge in [-0.25, -0.2) is 28.8 Å². The topological polar surface area (TPSA) is 409 Å². The van der Waals surface area contributed by atoms with Crippen LogP contribution in [0.15, 0.2) is 165 Å². The Hall–Kier alpha value is -15.1. The lowest BCUT2D eigenvalue weighted by atomic mass is 10.1. The van der Waals surface area contributed by atoms with Crippen LogP contribution in [0.1, 0.15) is 67.7 Å². The molecule has 0 radical (unpaired) electrons. The Bertz CT molecular complexity index is 4950. The van der Waals surface area contributed by atoms with Crippen LogP contribution >= 0.6 is 12.2 Å². The molecule has 6 heterocycles. The molecule has 7 aromatic rings. The zero-order valence-corrected chi connectivity index (χ0v) is 64.7. The van der Waals surface area contributed by atoms with E-state index in [0.29, 0.717) is 108 Å². The molecular formula is C79H74N6O29S. The lowest BCUT2D eigenvalue weighted by molar-refractivity contribution is -0.119. The number of esters is 6. The maximum atomic E-state index is 12.6. The van der Waals surface area contributed by atoms with Crippen LogP contribution in [-0.4, -0.2) is 169 Å². The van der Waals surface area contributed by atoms with Crippen LogP contribution in [0.2, 0.25) is 0 Å². The number of benzene rings is 7. The van der Waals surface area contributed by atoms with E-state index in [1.54, 1.807) is 42.5 Å². The molecule has 0 aliphatic carbocycles. The van der Waals surface area contributed by atoms with Gasteiger partial charge in [0.1, 0.15) is 56.6 Å². The number of carbonyl (C=O) groups is 11. The van der Waals surface area contributed by atoms with Gasteiger partial charge in [-0.05, 0) is 42.0 Å². The molecule has 36 heteroatoms. The van der Waals surface area contributed by atoms with E-state index < -0.39 is 59.4 Å². The molecular weight excluding hydrogens is 1530 g/mol. The van der Waals surface area contributed by atoms with Crippen LogP contribution in [-0.2, 0) is 58.9 Å². The third kappa shape index (κ3) is 19.6. The molecule has 600 valence electrons. The number of carbonyl (C=O) groups excluding carboxylic acids is 11. The minimum absolute atomic E-state index is 0.0148. The van der Waals surface area contributed by atoms with Crippen molar-refractivity contribution in [1.29, 1.82) is 0 Å². The summed E-state index contributed by atoms with van der Waals surface area (Å²) in [7, 11) is 18.0. The highest BCUT2D eigenvalue weighted by atomic mass is 32.1. The van der Waals surface area contributed by atoms with Crippen LogP contribution in [0.25, 0.3) is 0 Å². The predicted molar refractivity (Wildman–Crippen MR) is 413 cm³/mol. The van der Waals surface area contributed by atoms with Crippen molar-refractivity contribution < 1.29 is 138 Å². The monoisotopic (exact) mass is 1600 g/mol. The van der Waals surface area contributed by atoms with Gasteiger partial charge in [-0.2, -0.15) is 0 Å². The Balaban J connectivity index is 0.000000173. The van der Waals surface area contributed by atoms with E-state index in [1.165, 1.54) is 132 Å². The summed E-state index contributed by atoms with van der Waals surface area (Å²) in [6, 6.07) is 27.9. The first kappa shape index (κ1) is 85.5. The normalized spacial score (nSPS) is 13.3. The number of anilines is 6. The Kier molecular flexibility index (Phi) is 28.3. The number of thiocarbonyl (C=S) groups is 1. The summed E-state index contributed by atoms with van der Waals surface area (Å²) < 4.78 is 90.7. The van der Waals surface area contributed by atoms with Gasteiger partial charge in [0.05, 0.1) is 148 Å². The van der Waals surface area contributed by atoms with E-state index >= 15 is 0 Å². The van der Waals surface area contributed by atoms with Gasteiger partial charge in [-0.15, -0.1) is 0 Å². The Morgan fingerprint density at radius 2 is 0.678 bits per heavy atom. The maximum Gasteiger partial charge on any atom is 0.340 e. The first-order chi connectivity index (χ1) is 54.9. The van der Waals surface area contributed by atoms with Crippen molar-refractivity contribution in [3.8, 4) is 69.0 Å². The van der Waals surface area contributed by atoms with Gasteiger partial charge < -0.3 is 111 Å². The molecule has 0 saturated heterocycles. The number of hydrogen-bond acceptors (Lipinski definition) is 30. The lowest BCUT2D eigenvalue weighted by Gasteiger charge is -2.31. The second kappa shape index (κ2) is 38.0. The maximum absolute atomic E-state index is 12.6. The van der Waals surface area contributed by atoms with Crippen molar-refractivity contribution in [3.05, 3.63) is 204 Å². The number of amides is 5. The fourth-order valence-electron chi connectivity index (χ4n) is 10.7. The summed E-state index contributed by atoms with van der Waals surface area (Å²) in [5, 5.41) is 10.5. The van der Waals surface area contributed by atoms with Gasteiger partial charge in [0.2, 0.25) is 0 Å². The fourth-order valence-corrected chi connectivity index (χ4v) is 10.9. The van der Waals surface area contributed by atoms with Gasteiger partial charge >= 0.3 is 35.8 Å².